The first-order valence-corrected chi connectivity index (χ1v) is 10.2. The van der Waals surface area contributed by atoms with E-state index in [1.807, 2.05) is 40.1 Å². The van der Waals surface area contributed by atoms with E-state index in [1.54, 1.807) is 14.0 Å². The molecule has 3 amide bonds. The van der Waals surface area contributed by atoms with Crippen LogP contribution >= 0.6 is 0 Å². The SMILES string of the molecule is CNC(=O)[C@@]12CCC3(CCN(C(=O)c4ccccc4)CC3)[C@@H]1CN(C(C)=O)C2. The number of nitrogens with zero attached hydrogens (tertiary/aromatic N) is 2. The molecule has 2 heterocycles. The van der Waals surface area contributed by atoms with E-state index in [-0.39, 0.29) is 29.1 Å². The summed E-state index contributed by atoms with van der Waals surface area (Å²) >= 11 is 0. The number of likely N-dealkylation sites (tertiary alicyclic amines) is 2. The molecule has 28 heavy (non-hydrogen) atoms. The van der Waals surface area contributed by atoms with Gasteiger partial charge in [-0.15, -0.1) is 0 Å². The van der Waals surface area contributed by atoms with Gasteiger partial charge in [0.25, 0.3) is 5.91 Å². The Morgan fingerprint density at radius 1 is 1.00 bits per heavy atom. The summed E-state index contributed by atoms with van der Waals surface area (Å²) in [6.45, 7) is 4.21. The lowest BCUT2D eigenvalue weighted by Gasteiger charge is -2.44. The van der Waals surface area contributed by atoms with Crippen molar-refractivity contribution in [1.29, 1.82) is 0 Å². The van der Waals surface area contributed by atoms with E-state index in [2.05, 4.69) is 5.32 Å². The minimum atomic E-state index is -0.466. The normalized spacial score (nSPS) is 28.3. The Hall–Kier alpha value is -2.37. The lowest BCUT2D eigenvalue weighted by Crippen LogP contribution is -2.49. The van der Waals surface area contributed by atoms with Crippen LogP contribution in [0.25, 0.3) is 0 Å². The van der Waals surface area contributed by atoms with E-state index in [1.165, 1.54) is 0 Å². The molecule has 3 aliphatic rings. The van der Waals surface area contributed by atoms with Crippen molar-refractivity contribution in [3.63, 3.8) is 0 Å². The second kappa shape index (κ2) is 6.90. The molecule has 3 fully saturated rings. The van der Waals surface area contributed by atoms with Gasteiger partial charge < -0.3 is 15.1 Å². The van der Waals surface area contributed by atoms with Gasteiger partial charge in [-0.1, -0.05) is 18.2 Å². The fourth-order valence-corrected chi connectivity index (χ4v) is 5.94. The Balaban J connectivity index is 1.53. The summed E-state index contributed by atoms with van der Waals surface area (Å²) in [5, 5.41) is 2.86. The number of rotatable bonds is 2. The van der Waals surface area contributed by atoms with E-state index < -0.39 is 5.41 Å². The maximum atomic E-state index is 12.9. The fourth-order valence-electron chi connectivity index (χ4n) is 5.94. The first-order valence-electron chi connectivity index (χ1n) is 10.2. The van der Waals surface area contributed by atoms with Crippen LogP contribution < -0.4 is 5.32 Å². The van der Waals surface area contributed by atoms with Crippen LogP contribution in [0.5, 0.6) is 0 Å². The summed E-state index contributed by atoms with van der Waals surface area (Å²) in [6, 6.07) is 9.42. The second-order valence-corrected chi connectivity index (χ2v) is 8.71. The van der Waals surface area contributed by atoms with Gasteiger partial charge in [0, 0.05) is 45.7 Å². The Morgan fingerprint density at radius 2 is 1.68 bits per heavy atom. The topological polar surface area (TPSA) is 69.7 Å². The van der Waals surface area contributed by atoms with Gasteiger partial charge in [-0.25, -0.2) is 0 Å². The molecule has 2 atom stereocenters. The number of benzene rings is 1. The Morgan fingerprint density at radius 3 is 2.29 bits per heavy atom. The monoisotopic (exact) mass is 383 g/mol. The molecule has 6 heteroatoms. The molecule has 0 radical (unpaired) electrons. The summed E-state index contributed by atoms with van der Waals surface area (Å²) in [5.41, 5.74) is 0.309. The average molecular weight is 383 g/mol. The Bertz CT molecular complexity index is 785. The predicted molar refractivity (Wildman–Crippen MR) is 105 cm³/mol. The van der Waals surface area contributed by atoms with Gasteiger partial charge in [-0.05, 0) is 49.1 Å². The number of hydrogen-bond donors (Lipinski definition) is 1. The summed E-state index contributed by atoms with van der Waals surface area (Å²) < 4.78 is 0. The maximum absolute atomic E-state index is 12.9. The Kier molecular flexibility index (Phi) is 4.68. The van der Waals surface area contributed by atoms with Gasteiger partial charge in [0.05, 0.1) is 5.41 Å². The Labute approximate surface area is 166 Å². The molecular weight excluding hydrogens is 354 g/mol. The number of carbonyl (C=O) groups excluding carboxylic acids is 3. The van der Waals surface area contributed by atoms with Gasteiger partial charge in [-0.2, -0.15) is 0 Å². The first-order chi connectivity index (χ1) is 13.4. The highest BCUT2D eigenvalue weighted by Crippen LogP contribution is 2.62. The van der Waals surface area contributed by atoms with Crippen molar-refractivity contribution in [2.45, 2.75) is 32.6 Å². The molecule has 6 nitrogen and oxygen atoms in total. The van der Waals surface area contributed by atoms with E-state index >= 15 is 0 Å². The lowest BCUT2D eigenvalue weighted by atomic mass is 9.65. The van der Waals surface area contributed by atoms with Crippen LogP contribution in [0.2, 0.25) is 0 Å². The van der Waals surface area contributed by atoms with Gasteiger partial charge in [0.15, 0.2) is 0 Å². The van der Waals surface area contributed by atoms with E-state index in [0.717, 1.165) is 31.2 Å². The molecule has 1 aromatic rings. The van der Waals surface area contributed by atoms with Gasteiger partial charge in [-0.3, -0.25) is 14.4 Å². The highest BCUT2D eigenvalue weighted by atomic mass is 16.2. The number of piperidine rings is 1. The number of carbonyl (C=O) groups is 3. The second-order valence-electron chi connectivity index (χ2n) is 8.71. The van der Waals surface area contributed by atoms with Crippen LogP contribution in [0, 0.1) is 16.7 Å². The molecule has 1 saturated carbocycles. The number of nitrogens with one attached hydrogen (secondary N) is 1. The third-order valence-electron chi connectivity index (χ3n) is 7.54. The van der Waals surface area contributed by atoms with Gasteiger partial charge in [0.2, 0.25) is 11.8 Å². The van der Waals surface area contributed by atoms with Crippen molar-refractivity contribution in [2.75, 3.05) is 33.2 Å². The molecule has 2 aliphatic heterocycles. The summed E-state index contributed by atoms with van der Waals surface area (Å²) in [4.78, 5) is 41.5. The van der Waals surface area contributed by atoms with Crippen LogP contribution in [0.15, 0.2) is 30.3 Å². The average Bonchev–Trinajstić information content (AvgIpc) is 3.26. The smallest absolute Gasteiger partial charge is 0.253 e. The highest BCUT2D eigenvalue weighted by molar-refractivity contribution is 5.94. The first kappa shape index (κ1) is 19.0. The van der Waals surface area contributed by atoms with Crippen LogP contribution in [0.3, 0.4) is 0 Å². The summed E-state index contributed by atoms with van der Waals surface area (Å²) in [6.07, 6.45) is 3.64. The summed E-state index contributed by atoms with van der Waals surface area (Å²) in [7, 11) is 1.69. The molecular formula is C22H29N3O3. The molecule has 1 aliphatic carbocycles. The van der Waals surface area contributed by atoms with Crippen LogP contribution in [0.1, 0.15) is 43.0 Å². The minimum absolute atomic E-state index is 0.0458. The molecule has 150 valence electrons. The van der Waals surface area contributed by atoms with Crippen LogP contribution in [-0.2, 0) is 9.59 Å². The van der Waals surface area contributed by atoms with Crippen molar-refractivity contribution in [1.82, 2.24) is 15.1 Å². The van der Waals surface area contributed by atoms with Crippen LogP contribution in [-0.4, -0.2) is 60.7 Å². The van der Waals surface area contributed by atoms with Crippen molar-refractivity contribution in [3.8, 4) is 0 Å². The van der Waals surface area contributed by atoms with E-state index in [0.29, 0.717) is 26.2 Å². The zero-order valence-corrected chi connectivity index (χ0v) is 16.7. The van der Waals surface area contributed by atoms with Crippen molar-refractivity contribution >= 4 is 17.7 Å². The standard InChI is InChI=1S/C22H29N3O3/c1-16(26)25-14-18-21(8-9-22(18,15-25)20(28)23-2)10-12-24(13-11-21)19(27)17-6-4-3-5-7-17/h3-7,18H,8-15H2,1-2H3,(H,23,28)/t18-,22+/m0/s1. The third-order valence-corrected chi connectivity index (χ3v) is 7.54. The highest BCUT2D eigenvalue weighted by Gasteiger charge is 2.64. The number of amides is 3. The molecule has 4 rings (SSSR count). The van der Waals surface area contributed by atoms with Gasteiger partial charge >= 0.3 is 0 Å². The lowest BCUT2D eigenvalue weighted by molar-refractivity contribution is -0.133. The summed E-state index contributed by atoms with van der Waals surface area (Å²) in [5.74, 6) is 0.381. The molecule has 0 bridgehead atoms. The molecule has 1 spiro atoms. The van der Waals surface area contributed by atoms with Crippen molar-refractivity contribution in [2.24, 2.45) is 16.7 Å². The zero-order valence-electron chi connectivity index (χ0n) is 16.7. The van der Waals surface area contributed by atoms with Gasteiger partial charge in [0.1, 0.15) is 0 Å². The molecule has 2 saturated heterocycles. The number of fused-ring (bicyclic) bond motifs is 2. The predicted octanol–water partition coefficient (Wildman–Crippen LogP) is 1.91. The fraction of sp³-hybridized carbons (Fsp3) is 0.591. The van der Waals surface area contributed by atoms with Crippen LogP contribution in [0.4, 0.5) is 0 Å². The molecule has 0 unspecified atom stereocenters. The molecule has 1 aromatic carbocycles. The quantitative estimate of drug-likeness (QED) is 0.848. The van der Waals surface area contributed by atoms with E-state index in [9.17, 15) is 14.4 Å². The van der Waals surface area contributed by atoms with Crippen molar-refractivity contribution in [3.05, 3.63) is 35.9 Å². The molecule has 1 N–H and O–H groups in total. The zero-order chi connectivity index (χ0) is 19.9. The number of hydrogen-bond acceptors (Lipinski definition) is 3. The maximum Gasteiger partial charge on any atom is 0.253 e. The third kappa shape index (κ3) is 2.81. The largest absolute Gasteiger partial charge is 0.359 e. The minimum Gasteiger partial charge on any atom is -0.359 e. The molecule has 0 aromatic heterocycles. The van der Waals surface area contributed by atoms with Crippen molar-refractivity contribution < 1.29 is 14.4 Å². The van der Waals surface area contributed by atoms with E-state index in [4.69, 9.17) is 0 Å².